The van der Waals surface area contributed by atoms with Crippen LogP contribution in [0, 0.1) is 69.5 Å². The van der Waals surface area contributed by atoms with Crippen molar-refractivity contribution >= 4 is 23.6 Å². The molecule has 4 saturated carbocycles. The van der Waals surface area contributed by atoms with Crippen LogP contribution in [0.3, 0.4) is 0 Å². The number of hydrogen-bond donors (Lipinski definition) is 0. The topological polar surface area (TPSA) is 0 Å². The van der Waals surface area contributed by atoms with E-state index in [9.17, 15) is 0 Å². The average molecular weight is 713 g/mol. The number of hydrogen-bond acceptors (Lipinski definition) is 0. The van der Waals surface area contributed by atoms with Gasteiger partial charge in [-0.25, -0.2) is 0 Å². The lowest BCUT2D eigenvalue weighted by molar-refractivity contribution is 0.0122. The molecule has 52 heavy (non-hydrogen) atoms. The minimum Gasteiger partial charge on any atom is -0.100 e. The van der Waals surface area contributed by atoms with E-state index in [1.807, 2.05) is 0 Å². The predicted octanol–water partition coefficient (Wildman–Crippen LogP) is 12.3. The number of allylic oxidation sites excluding steroid dienone is 1. The van der Waals surface area contributed by atoms with Gasteiger partial charge in [0.05, 0.1) is 0 Å². The average Bonchev–Trinajstić information content (AvgIpc) is 3.74. The highest BCUT2D eigenvalue weighted by atomic mass is 28.3. The lowest BCUT2D eigenvalue weighted by Crippen LogP contribution is -2.67. The SMILES string of the molecule is C=C(CC1CCC(C(C)(C)C2C3CCC(C(C)(C)C)CC3C3CC(C(C)(C)C)CCC32)C1)C[Si](c1ccccc1)(c1ccccc1)c1ccccc1. The van der Waals surface area contributed by atoms with Crippen molar-refractivity contribution < 1.29 is 0 Å². The lowest BCUT2D eigenvalue weighted by atomic mass is 9.57. The van der Waals surface area contributed by atoms with Crippen molar-refractivity contribution in [2.24, 2.45) is 69.5 Å². The van der Waals surface area contributed by atoms with Gasteiger partial charge in [0.1, 0.15) is 0 Å². The zero-order valence-corrected chi connectivity index (χ0v) is 35.3. The second-order valence-electron chi connectivity index (χ2n) is 21.3. The molecule has 0 spiro atoms. The molecule has 0 radical (unpaired) electrons. The van der Waals surface area contributed by atoms with Crippen LogP contribution in [-0.2, 0) is 0 Å². The molecule has 8 atom stereocenters. The minimum absolute atomic E-state index is 0.415. The maximum atomic E-state index is 4.94. The molecule has 0 aliphatic heterocycles. The van der Waals surface area contributed by atoms with E-state index in [1.54, 1.807) is 0 Å². The van der Waals surface area contributed by atoms with Crippen LogP contribution in [0.1, 0.15) is 120 Å². The molecule has 3 aromatic rings. The Morgan fingerprint density at radius 2 is 0.923 bits per heavy atom. The normalized spacial score (nSPS) is 31.2. The van der Waals surface area contributed by atoms with Crippen molar-refractivity contribution in [1.82, 2.24) is 0 Å². The molecule has 0 saturated heterocycles. The van der Waals surface area contributed by atoms with Crippen molar-refractivity contribution in [2.75, 3.05) is 0 Å². The van der Waals surface area contributed by atoms with Crippen molar-refractivity contribution in [1.29, 1.82) is 0 Å². The third-order valence-electron chi connectivity index (χ3n) is 16.2. The summed E-state index contributed by atoms with van der Waals surface area (Å²) in [5.41, 5.74) is 2.77. The molecule has 280 valence electrons. The molecule has 8 unspecified atom stereocenters. The number of fused-ring (bicyclic) bond motifs is 3. The van der Waals surface area contributed by atoms with E-state index in [-0.39, 0.29) is 0 Å². The molecule has 1 heteroatoms. The third kappa shape index (κ3) is 7.23. The highest BCUT2D eigenvalue weighted by Crippen LogP contribution is 2.67. The van der Waals surface area contributed by atoms with Crippen LogP contribution >= 0.6 is 0 Å². The van der Waals surface area contributed by atoms with E-state index in [4.69, 9.17) is 6.58 Å². The molecule has 4 aliphatic carbocycles. The highest BCUT2D eigenvalue weighted by molar-refractivity contribution is 7.11. The predicted molar refractivity (Wildman–Crippen MR) is 228 cm³/mol. The van der Waals surface area contributed by atoms with E-state index >= 15 is 0 Å². The Hall–Kier alpha value is -2.38. The molecule has 3 aromatic carbocycles. The van der Waals surface area contributed by atoms with Crippen LogP contribution in [0.25, 0.3) is 0 Å². The standard InChI is InChI=1S/C51H72Si/c1-36(35-52(41-19-13-10-14-20-41,42-21-15-11-16-22-42)43-23-17-12-18-24-43)31-37-25-26-40(32-37)51(8,9)48-44-29-27-38(49(2,3)4)33-46(44)47-34-39(50(5,6)7)28-30-45(47)48/h10-24,37-40,44-48H,1,25-35H2,2-9H3. The first-order chi connectivity index (χ1) is 24.7. The van der Waals surface area contributed by atoms with Crippen molar-refractivity contribution in [3.05, 3.63) is 103 Å². The van der Waals surface area contributed by atoms with Crippen LogP contribution in [0.15, 0.2) is 103 Å². The van der Waals surface area contributed by atoms with Crippen LogP contribution in [-0.4, -0.2) is 8.07 Å². The highest BCUT2D eigenvalue weighted by Gasteiger charge is 2.60. The maximum Gasteiger partial charge on any atom is 0.152 e. The summed E-state index contributed by atoms with van der Waals surface area (Å²) in [6.07, 6.45) is 14.3. The second-order valence-corrected chi connectivity index (χ2v) is 25.2. The van der Waals surface area contributed by atoms with Gasteiger partial charge >= 0.3 is 0 Å². The van der Waals surface area contributed by atoms with Gasteiger partial charge in [-0.2, -0.15) is 0 Å². The molecule has 4 fully saturated rings. The fourth-order valence-corrected chi connectivity index (χ4v) is 18.2. The van der Waals surface area contributed by atoms with Crippen LogP contribution in [0.5, 0.6) is 0 Å². The van der Waals surface area contributed by atoms with Gasteiger partial charge in [-0.15, -0.1) is 6.58 Å². The largest absolute Gasteiger partial charge is 0.152 e. The molecule has 0 heterocycles. The van der Waals surface area contributed by atoms with Gasteiger partial charge in [-0.3, -0.25) is 0 Å². The van der Waals surface area contributed by atoms with Crippen LogP contribution < -0.4 is 15.6 Å². The Balaban J connectivity index is 1.11. The van der Waals surface area contributed by atoms with E-state index in [1.165, 1.54) is 85.3 Å². The zero-order chi connectivity index (χ0) is 36.9. The molecule has 0 amide bonds. The van der Waals surface area contributed by atoms with Gasteiger partial charge < -0.3 is 0 Å². The number of benzene rings is 3. The van der Waals surface area contributed by atoms with E-state index in [0.717, 1.165) is 59.3 Å². The van der Waals surface area contributed by atoms with E-state index < -0.39 is 8.07 Å². The van der Waals surface area contributed by atoms with Gasteiger partial charge in [0.2, 0.25) is 0 Å². The summed E-state index contributed by atoms with van der Waals surface area (Å²) in [4.78, 5) is 0. The summed E-state index contributed by atoms with van der Waals surface area (Å²) >= 11 is 0. The first kappa shape index (κ1) is 37.9. The molecule has 0 bridgehead atoms. The van der Waals surface area contributed by atoms with Gasteiger partial charge in [0.25, 0.3) is 0 Å². The molecular formula is C51H72Si. The molecule has 7 rings (SSSR count). The summed E-state index contributed by atoms with van der Waals surface area (Å²) in [6.45, 7) is 25.7. The summed E-state index contributed by atoms with van der Waals surface area (Å²) in [5.74, 6) is 8.13. The summed E-state index contributed by atoms with van der Waals surface area (Å²) in [7, 11) is -2.31. The first-order valence-electron chi connectivity index (χ1n) is 21.5. The zero-order valence-electron chi connectivity index (χ0n) is 34.3. The monoisotopic (exact) mass is 713 g/mol. The Bertz CT molecular complexity index is 1490. The Kier molecular flexibility index (Phi) is 10.7. The molecule has 4 aliphatic rings. The Morgan fingerprint density at radius 3 is 1.33 bits per heavy atom. The van der Waals surface area contributed by atoms with Crippen molar-refractivity contribution in [3.63, 3.8) is 0 Å². The fraction of sp³-hybridized carbons (Fsp3) is 0.608. The van der Waals surface area contributed by atoms with Gasteiger partial charge in [0.15, 0.2) is 8.07 Å². The quantitative estimate of drug-likeness (QED) is 0.118. The lowest BCUT2D eigenvalue weighted by Gasteiger charge is -2.48. The van der Waals surface area contributed by atoms with Gasteiger partial charge in [0, 0.05) is 0 Å². The third-order valence-corrected chi connectivity index (χ3v) is 21.2. The maximum absolute atomic E-state index is 4.94. The molecular weight excluding hydrogens is 641 g/mol. The Morgan fingerprint density at radius 1 is 0.519 bits per heavy atom. The first-order valence-corrected chi connectivity index (χ1v) is 23.7. The van der Waals surface area contributed by atoms with Crippen molar-refractivity contribution in [3.8, 4) is 0 Å². The van der Waals surface area contributed by atoms with Gasteiger partial charge in [-0.05, 0) is 155 Å². The summed E-state index contributed by atoms with van der Waals surface area (Å²) in [5, 5.41) is 4.52. The molecule has 0 nitrogen and oxygen atoms in total. The summed E-state index contributed by atoms with van der Waals surface area (Å²) < 4.78 is 0. The smallest absolute Gasteiger partial charge is 0.100 e. The van der Waals surface area contributed by atoms with Crippen LogP contribution in [0.2, 0.25) is 6.04 Å². The second kappa shape index (κ2) is 14.7. The molecule has 0 N–H and O–H groups in total. The number of rotatable bonds is 9. The Labute approximate surface area is 320 Å². The van der Waals surface area contributed by atoms with Crippen LogP contribution in [0.4, 0.5) is 0 Å². The van der Waals surface area contributed by atoms with Crippen molar-refractivity contribution in [2.45, 2.75) is 126 Å². The summed E-state index contributed by atoms with van der Waals surface area (Å²) in [6, 6.07) is 35.5. The van der Waals surface area contributed by atoms with E-state index in [0.29, 0.717) is 16.2 Å². The van der Waals surface area contributed by atoms with E-state index in [2.05, 4.69) is 146 Å². The minimum atomic E-state index is -2.31. The van der Waals surface area contributed by atoms with Gasteiger partial charge in [-0.1, -0.05) is 152 Å². The molecule has 0 aromatic heterocycles. The fourth-order valence-electron chi connectivity index (χ4n) is 13.4.